The second-order valence-corrected chi connectivity index (χ2v) is 8.02. The fourth-order valence-corrected chi connectivity index (χ4v) is 3.65. The number of alkyl halides is 5. The predicted molar refractivity (Wildman–Crippen MR) is 115 cm³/mol. The molecule has 0 bridgehead atoms. The zero-order valence-electron chi connectivity index (χ0n) is 19.1. The maximum absolute atomic E-state index is 14.8. The van der Waals surface area contributed by atoms with Crippen LogP contribution < -0.4 is 9.47 Å². The van der Waals surface area contributed by atoms with Gasteiger partial charge in [0.15, 0.2) is 11.6 Å². The molecule has 0 aliphatic carbocycles. The van der Waals surface area contributed by atoms with E-state index in [0.29, 0.717) is 6.07 Å². The van der Waals surface area contributed by atoms with Gasteiger partial charge in [0.2, 0.25) is 5.75 Å². The van der Waals surface area contributed by atoms with Gasteiger partial charge in [-0.2, -0.15) is 8.78 Å². The van der Waals surface area contributed by atoms with Gasteiger partial charge in [0.1, 0.15) is 40.4 Å². The van der Waals surface area contributed by atoms with Crippen LogP contribution in [0.25, 0.3) is 22.3 Å². The van der Waals surface area contributed by atoms with Crippen molar-refractivity contribution in [3.05, 3.63) is 107 Å². The van der Waals surface area contributed by atoms with Crippen LogP contribution >= 0.6 is 0 Å². The topological polar surface area (TPSA) is 18.5 Å². The monoisotopic (exact) mass is 582 g/mol. The van der Waals surface area contributed by atoms with E-state index >= 15 is 0 Å². The number of hydrogen-bond donors (Lipinski definition) is 0. The van der Waals surface area contributed by atoms with Crippen LogP contribution in [0.5, 0.6) is 11.5 Å². The SMILES string of the molecule is Fc1ccc(-c2ccc(-c3cc(F)c(C(F)(F)Oc4cc(F)c(OC(F)(F)F)c(F)c4)c(F)c3)c(F)c2)c(F)c1. The second kappa shape index (κ2) is 10.3. The van der Waals surface area contributed by atoms with Crippen molar-refractivity contribution in [2.45, 2.75) is 12.5 Å². The van der Waals surface area contributed by atoms with E-state index in [1.165, 1.54) is 0 Å². The highest BCUT2D eigenvalue weighted by molar-refractivity contribution is 5.71. The van der Waals surface area contributed by atoms with Gasteiger partial charge >= 0.3 is 12.5 Å². The molecular formula is C26H10F12O2. The Hall–Kier alpha value is -4.36. The Morgan fingerprint density at radius 1 is 0.475 bits per heavy atom. The molecule has 0 unspecified atom stereocenters. The van der Waals surface area contributed by atoms with Crippen molar-refractivity contribution in [1.82, 2.24) is 0 Å². The van der Waals surface area contributed by atoms with E-state index in [1.54, 1.807) is 0 Å². The van der Waals surface area contributed by atoms with Crippen LogP contribution in [0, 0.1) is 40.7 Å². The van der Waals surface area contributed by atoms with Gasteiger partial charge in [-0.1, -0.05) is 12.1 Å². The molecule has 4 rings (SSSR count). The highest BCUT2D eigenvalue weighted by atomic mass is 19.4. The minimum absolute atomic E-state index is 0.0811. The Kier molecular flexibility index (Phi) is 7.39. The van der Waals surface area contributed by atoms with Crippen LogP contribution in [-0.4, -0.2) is 6.36 Å². The summed E-state index contributed by atoms with van der Waals surface area (Å²) >= 11 is 0. The number of hydrogen-bond acceptors (Lipinski definition) is 2. The normalized spacial score (nSPS) is 12.0. The van der Waals surface area contributed by atoms with E-state index in [0.717, 1.165) is 30.3 Å². The molecule has 0 spiro atoms. The molecule has 0 saturated carbocycles. The van der Waals surface area contributed by atoms with Crippen LogP contribution in [-0.2, 0) is 6.11 Å². The quantitative estimate of drug-likeness (QED) is 0.211. The van der Waals surface area contributed by atoms with Crippen LogP contribution in [0.1, 0.15) is 5.56 Å². The highest BCUT2D eigenvalue weighted by Crippen LogP contribution is 2.40. The number of benzene rings is 4. The molecule has 0 atom stereocenters. The van der Waals surface area contributed by atoms with E-state index in [1.807, 2.05) is 0 Å². The maximum atomic E-state index is 14.8. The maximum Gasteiger partial charge on any atom is 0.573 e. The molecule has 14 heteroatoms. The number of halogens is 12. The molecule has 0 N–H and O–H groups in total. The Bertz CT molecular complexity index is 1550. The Morgan fingerprint density at radius 3 is 1.50 bits per heavy atom. The van der Waals surface area contributed by atoms with Crippen molar-refractivity contribution >= 4 is 0 Å². The first-order valence-corrected chi connectivity index (χ1v) is 10.6. The van der Waals surface area contributed by atoms with Crippen LogP contribution in [0.4, 0.5) is 52.7 Å². The molecule has 2 nitrogen and oxygen atoms in total. The molecular weight excluding hydrogens is 572 g/mol. The largest absolute Gasteiger partial charge is 0.573 e. The molecule has 0 radical (unpaired) electrons. The van der Waals surface area contributed by atoms with Gasteiger partial charge in [0, 0.05) is 29.3 Å². The van der Waals surface area contributed by atoms with Crippen LogP contribution in [0.2, 0.25) is 0 Å². The fourth-order valence-electron chi connectivity index (χ4n) is 3.65. The van der Waals surface area contributed by atoms with Crippen molar-refractivity contribution in [3.63, 3.8) is 0 Å². The molecule has 4 aromatic carbocycles. The van der Waals surface area contributed by atoms with Crippen molar-refractivity contribution in [3.8, 4) is 33.8 Å². The lowest BCUT2D eigenvalue weighted by atomic mass is 9.98. The molecule has 0 amide bonds. The zero-order valence-corrected chi connectivity index (χ0v) is 19.1. The third-order valence-corrected chi connectivity index (χ3v) is 5.29. The van der Waals surface area contributed by atoms with Crippen LogP contribution in [0.3, 0.4) is 0 Å². The molecule has 0 aromatic heterocycles. The Balaban J connectivity index is 1.65. The van der Waals surface area contributed by atoms with Gasteiger partial charge < -0.3 is 9.47 Å². The summed E-state index contributed by atoms with van der Waals surface area (Å²) in [5, 5.41) is 0. The lowest BCUT2D eigenvalue weighted by molar-refractivity contribution is -0.276. The van der Waals surface area contributed by atoms with Gasteiger partial charge in [-0.25, -0.2) is 30.7 Å². The first-order valence-electron chi connectivity index (χ1n) is 10.6. The highest BCUT2D eigenvalue weighted by Gasteiger charge is 2.42. The zero-order chi connectivity index (χ0) is 29.6. The number of ether oxygens (including phenoxy) is 2. The van der Waals surface area contributed by atoms with E-state index in [-0.39, 0.29) is 35.4 Å². The van der Waals surface area contributed by atoms with Crippen molar-refractivity contribution < 1.29 is 62.2 Å². The smallest absolute Gasteiger partial charge is 0.429 e. The predicted octanol–water partition coefficient (Wildman–Crippen LogP) is 9.02. The molecule has 0 saturated heterocycles. The van der Waals surface area contributed by atoms with E-state index in [4.69, 9.17) is 0 Å². The van der Waals surface area contributed by atoms with Crippen molar-refractivity contribution in [2.24, 2.45) is 0 Å². The molecule has 0 heterocycles. The summed E-state index contributed by atoms with van der Waals surface area (Å²) in [6, 6.07) is 5.58. The first kappa shape index (κ1) is 28.6. The van der Waals surface area contributed by atoms with E-state index < -0.39 is 81.4 Å². The lowest BCUT2D eigenvalue weighted by Gasteiger charge is -2.21. The molecule has 4 aromatic rings. The van der Waals surface area contributed by atoms with E-state index in [2.05, 4.69) is 9.47 Å². The summed E-state index contributed by atoms with van der Waals surface area (Å²) in [7, 11) is 0. The third-order valence-electron chi connectivity index (χ3n) is 5.29. The first-order chi connectivity index (χ1) is 18.6. The summed E-state index contributed by atoms with van der Waals surface area (Å²) in [5.74, 6) is -14.7. The Labute approximate surface area is 216 Å². The van der Waals surface area contributed by atoms with Crippen molar-refractivity contribution in [2.75, 3.05) is 0 Å². The Morgan fingerprint density at radius 2 is 0.975 bits per heavy atom. The van der Waals surface area contributed by atoms with Gasteiger partial charge in [0.25, 0.3) is 0 Å². The molecule has 210 valence electrons. The summed E-state index contributed by atoms with van der Waals surface area (Å²) in [4.78, 5) is 0. The average molecular weight is 582 g/mol. The summed E-state index contributed by atoms with van der Waals surface area (Å²) in [6.07, 6.45) is -10.5. The molecule has 0 fully saturated rings. The van der Waals surface area contributed by atoms with Crippen LogP contribution in [0.15, 0.2) is 60.7 Å². The molecule has 40 heavy (non-hydrogen) atoms. The average Bonchev–Trinajstić information content (AvgIpc) is 2.80. The summed E-state index contributed by atoms with van der Waals surface area (Å²) < 4.78 is 172. The van der Waals surface area contributed by atoms with Gasteiger partial charge in [-0.05, 0) is 41.5 Å². The summed E-state index contributed by atoms with van der Waals surface area (Å²) in [6.45, 7) is 0. The fraction of sp³-hybridized carbons (Fsp3) is 0.0769. The lowest BCUT2D eigenvalue weighted by Crippen LogP contribution is -2.25. The molecule has 0 aliphatic rings. The van der Waals surface area contributed by atoms with Gasteiger partial charge in [-0.3, -0.25) is 0 Å². The standard InChI is InChI=1S/C26H10F12O2/c27-13-2-4-15(18(29)8-13)11-1-3-16(17(28)5-11)12-6-19(30)23(20(31)7-12)25(34,35)39-14-9-21(32)24(22(33)10-14)40-26(36,37)38/h1-10H. The van der Waals surface area contributed by atoms with E-state index in [9.17, 15) is 52.7 Å². The number of rotatable bonds is 6. The minimum atomic E-state index is -5.53. The third kappa shape index (κ3) is 5.95. The van der Waals surface area contributed by atoms with Crippen molar-refractivity contribution in [1.29, 1.82) is 0 Å². The minimum Gasteiger partial charge on any atom is -0.429 e. The van der Waals surface area contributed by atoms with Gasteiger partial charge in [-0.15, -0.1) is 13.2 Å². The van der Waals surface area contributed by atoms with Gasteiger partial charge in [0.05, 0.1) is 0 Å². The second-order valence-electron chi connectivity index (χ2n) is 8.02. The summed E-state index contributed by atoms with van der Waals surface area (Å²) in [5.41, 5.74) is -3.46. The molecule has 0 aliphatic heterocycles.